The summed E-state index contributed by atoms with van der Waals surface area (Å²) in [6.45, 7) is 2.75. The van der Waals surface area contributed by atoms with Crippen LogP contribution >= 0.6 is 23.5 Å². The van der Waals surface area contributed by atoms with Crippen LogP contribution in [0.4, 0.5) is 4.39 Å². The molecule has 1 saturated heterocycles. The third kappa shape index (κ3) is 4.85. The molecule has 1 aromatic heterocycles. The number of thioether (sulfide) groups is 2. The van der Waals surface area contributed by atoms with Crippen LogP contribution in [0.3, 0.4) is 0 Å². The highest BCUT2D eigenvalue weighted by Crippen LogP contribution is 2.45. The van der Waals surface area contributed by atoms with E-state index in [9.17, 15) is 9.18 Å². The van der Waals surface area contributed by atoms with Gasteiger partial charge in [0, 0.05) is 40.7 Å². The van der Waals surface area contributed by atoms with Crippen LogP contribution in [0.15, 0.2) is 59.8 Å². The number of aromatic nitrogens is 1. The van der Waals surface area contributed by atoms with Crippen LogP contribution in [0.25, 0.3) is 10.9 Å². The van der Waals surface area contributed by atoms with Gasteiger partial charge in [-0.05, 0) is 30.7 Å². The Morgan fingerprint density at radius 3 is 2.69 bits per heavy atom. The van der Waals surface area contributed by atoms with Gasteiger partial charge in [-0.2, -0.15) is 5.10 Å². The summed E-state index contributed by atoms with van der Waals surface area (Å²) in [6.07, 6.45) is 4.15. The third-order valence-corrected chi connectivity index (χ3v) is 8.15. The number of hydrogen-bond acceptors (Lipinski definition) is 4. The standard InChI is InChI=1S/C22H22FN3OS2/c1-22(28-10-11-29-22)12-21(27)25-24-13-17-15-26(20-5-3-2-4-19(17)20)14-16-6-8-18(23)9-7-16/h2-9,13,15H,10-12,14H2,1H3,(H,25,27). The van der Waals surface area contributed by atoms with Gasteiger partial charge >= 0.3 is 0 Å². The molecule has 29 heavy (non-hydrogen) atoms. The normalized spacial score (nSPS) is 15.9. The van der Waals surface area contributed by atoms with E-state index in [2.05, 4.69) is 22.0 Å². The van der Waals surface area contributed by atoms with Gasteiger partial charge in [0.2, 0.25) is 5.91 Å². The van der Waals surface area contributed by atoms with E-state index in [-0.39, 0.29) is 15.8 Å². The zero-order chi connectivity index (χ0) is 20.3. The lowest BCUT2D eigenvalue weighted by atomic mass is 10.2. The SMILES string of the molecule is CC1(CC(=O)NN=Cc2cn(Cc3ccc(F)cc3)c3ccccc23)SCCS1. The molecule has 0 spiro atoms. The number of amides is 1. The quantitative estimate of drug-likeness (QED) is 0.451. The van der Waals surface area contributed by atoms with Gasteiger partial charge in [-0.15, -0.1) is 23.5 Å². The summed E-state index contributed by atoms with van der Waals surface area (Å²) in [5.41, 5.74) is 5.68. The van der Waals surface area contributed by atoms with Gasteiger partial charge in [-0.1, -0.05) is 30.3 Å². The van der Waals surface area contributed by atoms with Gasteiger partial charge in [0.1, 0.15) is 5.82 Å². The minimum atomic E-state index is -0.238. The first-order chi connectivity index (χ1) is 14.0. The van der Waals surface area contributed by atoms with Crippen molar-refractivity contribution in [1.29, 1.82) is 0 Å². The number of carbonyl (C=O) groups is 1. The number of nitrogens with one attached hydrogen (secondary N) is 1. The maximum absolute atomic E-state index is 13.2. The Hall–Kier alpha value is -2.25. The number of fused-ring (bicyclic) bond motifs is 1. The maximum atomic E-state index is 13.2. The fourth-order valence-corrected chi connectivity index (χ4v) is 6.29. The van der Waals surface area contributed by atoms with Crippen molar-refractivity contribution in [2.45, 2.75) is 24.0 Å². The molecule has 0 atom stereocenters. The number of carbonyl (C=O) groups excluding carboxylic acids is 1. The molecule has 0 saturated carbocycles. The molecule has 0 bridgehead atoms. The summed E-state index contributed by atoms with van der Waals surface area (Å²) in [7, 11) is 0. The largest absolute Gasteiger partial charge is 0.342 e. The third-order valence-electron chi connectivity index (χ3n) is 4.86. The van der Waals surface area contributed by atoms with Gasteiger partial charge in [0.15, 0.2) is 0 Å². The molecule has 7 heteroatoms. The molecule has 150 valence electrons. The average Bonchev–Trinajstić information content (AvgIpc) is 3.28. The van der Waals surface area contributed by atoms with Crippen molar-refractivity contribution in [3.8, 4) is 0 Å². The average molecular weight is 428 g/mol. The first-order valence-electron chi connectivity index (χ1n) is 9.45. The van der Waals surface area contributed by atoms with E-state index >= 15 is 0 Å². The second kappa shape index (κ2) is 8.63. The number of benzene rings is 2. The minimum Gasteiger partial charge on any atom is -0.342 e. The van der Waals surface area contributed by atoms with Crippen molar-refractivity contribution in [1.82, 2.24) is 9.99 Å². The van der Waals surface area contributed by atoms with Crippen molar-refractivity contribution < 1.29 is 9.18 Å². The monoisotopic (exact) mass is 427 g/mol. The van der Waals surface area contributed by atoms with E-state index in [1.807, 2.05) is 54.0 Å². The zero-order valence-electron chi connectivity index (χ0n) is 16.1. The molecular weight excluding hydrogens is 405 g/mol. The number of hydrogen-bond donors (Lipinski definition) is 1. The molecule has 4 nitrogen and oxygen atoms in total. The molecule has 1 N–H and O–H groups in total. The molecule has 2 aromatic carbocycles. The Morgan fingerprint density at radius 1 is 1.21 bits per heavy atom. The van der Waals surface area contributed by atoms with E-state index in [0.29, 0.717) is 13.0 Å². The fraction of sp³-hybridized carbons (Fsp3) is 0.273. The molecule has 3 aromatic rings. The second-order valence-corrected chi connectivity index (χ2v) is 10.6. The van der Waals surface area contributed by atoms with Gasteiger partial charge in [0.05, 0.1) is 16.7 Å². The molecule has 1 fully saturated rings. The Kier molecular flexibility index (Phi) is 5.96. The van der Waals surface area contributed by atoms with E-state index in [4.69, 9.17) is 0 Å². The molecule has 0 radical (unpaired) electrons. The van der Waals surface area contributed by atoms with Gasteiger partial charge in [-0.3, -0.25) is 4.79 Å². The van der Waals surface area contributed by atoms with Gasteiger partial charge in [-0.25, -0.2) is 9.82 Å². The lowest BCUT2D eigenvalue weighted by molar-refractivity contribution is -0.121. The highest BCUT2D eigenvalue weighted by molar-refractivity contribution is 8.21. The van der Waals surface area contributed by atoms with E-state index in [0.717, 1.165) is 33.5 Å². The molecule has 0 unspecified atom stereocenters. The molecular formula is C22H22FN3OS2. The van der Waals surface area contributed by atoms with Gasteiger partial charge < -0.3 is 4.57 Å². The highest BCUT2D eigenvalue weighted by atomic mass is 32.2. The van der Waals surface area contributed by atoms with Crippen molar-refractivity contribution in [3.63, 3.8) is 0 Å². The number of hydrazone groups is 1. The predicted octanol–water partition coefficient (Wildman–Crippen LogP) is 4.87. The number of nitrogens with zero attached hydrogens (tertiary/aromatic N) is 2. The summed E-state index contributed by atoms with van der Waals surface area (Å²) < 4.78 is 15.2. The van der Waals surface area contributed by atoms with Crippen LogP contribution in [-0.2, 0) is 11.3 Å². The molecule has 1 aliphatic rings. The molecule has 1 amide bonds. The number of rotatable bonds is 6. The number of para-hydroxylation sites is 1. The minimum absolute atomic E-state index is 0.0508. The Labute approximate surface area is 177 Å². The summed E-state index contributed by atoms with van der Waals surface area (Å²) in [5, 5.41) is 5.25. The summed E-state index contributed by atoms with van der Waals surface area (Å²) in [5.74, 6) is 1.87. The van der Waals surface area contributed by atoms with Crippen LogP contribution in [0.5, 0.6) is 0 Å². The Balaban J connectivity index is 1.49. The molecule has 0 aliphatic carbocycles. The van der Waals surface area contributed by atoms with E-state index in [1.165, 1.54) is 12.1 Å². The van der Waals surface area contributed by atoms with Crippen LogP contribution in [-0.4, -0.2) is 32.3 Å². The van der Waals surface area contributed by atoms with Crippen molar-refractivity contribution in [3.05, 3.63) is 71.7 Å². The zero-order valence-corrected chi connectivity index (χ0v) is 17.7. The first kappa shape index (κ1) is 20.0. The summed E-state index contributed by atoms with van der Waals surface area (Å²) >= 11 is 3.67. The second-order valence-electron chi connectivity index (χ2n) is 7.16. The van der Waals surface area contributed by atoms with E-state index < -0.39 is 0 Å². The topological polar surface area (TPSA) is 46.4 Å². The van der Waals surface area contributed by atoms with Crippen LogP contribution in [0.2, 0.25) is 0 Å². The summed E-state index contributed by atoms with van der Waals surface area (Å²) in [4.78, 5) is 12.2. The van der Waals surface area contributed by atoms with Crippen LogP contribution in [0, 0.1) is 5.82 Å². The van der Waals surface area contributed by atoms with Gasteiger partial charge in [0.25, 0.3) is 0 Å². The molecule has 4 rings (SSSR count). The van der Waals surface area contributed by atoms with Crippen LogP contribution in [0.1, 0.15) is 24.5 Å². The first-order valence-corrected chi connectivity index (χ1v) is 11.4. The number of halogens is 1. The Morgan fingerprint density at radius 2 is 1.93 bits per heavy atom. The van der Waals surface area contributed by atoms with E-state index in [1.54, 1.807) is 18.3 Å². The smallest absolute Gasteiger partial charge is 0.242 e. The predicted molar refractivity (Wildman–Crippen MR) is 121 cm³/mol. The lowest BCUT2D eigenvalue weighted by Gasteiger charge is -2.19. The lowest BCUT2D eigenvalue weighted by Crippen LogP contribution is -2.26. The molecule has 2 heterocycles. The van der Waals surface area contributed by atoms with Crippen LogP contribution < -0.4 is 5.43 Å². The van der Waals surface area contributed by atoms with Crippen molar-refractivity contribution >= 4 is 46.5 Å². The van der Waals surface area contributed by atoms with Crippen molar-refractivity contribution in [2.75, 3.05) is 11.5 Å². The molecule has 1 aliphatic heterocycles. The van der Waals surface area contributed by atoms with Crippen molar-refractivity contribution in [2.24, 2.45) is 5.10 Å². The summed E-state index contributed by atoms with van der Waals surface area (Å²) in [6, 6.07) is 14.6. The fourth-order valence-electron chi connectivity index (χ4n) is 3.46. The maximum Gasteiger partial charge on any atom is 0.242 e. The Bertz CT molecular complexity index is 1040. The highest BCUT2D eigenvalue weighted by Gasteiger charge is 2.32.